The van der Waals surface area contributed by atoms with Gasteiger partial charge in [-0.3, -0.25) is 4.79 Å². The quantitative estimate of drug-likeness (QED) is 0.371. The number of halogens is 3. The topological polar surface area (TPSA) is 82.2 Å². The van der Waals surface area contributed by atoms with Crippen LogP contribution in [0.25, 0.3) is 6.08 Å². The SMILES string of the molecule is CCC(CC)C1CC(C(=O)NC2C=CC(C(F)(F)F)=CC2)=Cc2cnc(Nc3ccc(N4CCNCC4)cc3)nc21. The number of allylic oxidation sites excluding steroid dienone is 2. The summed E-state index contributed by atoms with van der Waals surface area (Å²) in [6.07, 6.45) is 5.25. The third kappa shape index (κ3) is 6.81. The predicted octanol–water partition coefficient (Wildman–Crippen LogP) is 5.87. The second-order valence-electron chi connectivity index (χ2n) is 10.8. The van der Waals surface area contributed by atoms with Crippen molar-refractivity contribution in [2.45, 2.75) is 57.7 Å². The number of fused-ring (bicyclic) bond motifs is 1. The van der Waals surface area contributed by atoms with Crippen LogP contribution in [-0.4, -0.2) is 54.3 Å². The number of benzene rings is 1. The van der Waals surface area contributed by atoms with Gasteiger partial charge in [-0.05, 0) is 49.1 Å². The van der Waals surface area contributed by atoms with Crippen molar-refractivity contribution in [1.82, 2.24) is 20.6 Å². The molecule has 1 fully saturated rings. The summed E-state index contributed by atoms with van der Waals surface area (Å²) in [5, 5.41) is 9.60. The minimum atomic E-state index is -4.38. The Balaban J connectivity index is 1.32. The molecule has 2 atom stereocenters. The van der Waals surface area contributed by atoms with Crippen LogP contribution in [0.1, 0.15) is 56.7 Å². The number of anilines is 3. The van der Waals surface area contributed by atoms with Crippen LogP contribution in [0.15, 0.2) is 59.8 Å². The van der Waals surface area contributed by atoms with Gasteiger partial charge in [-0.2, -0.15) is 13.2 Å². The molecule has 1 aromatic heterocycles. The van der Waals surface area contributed by atoms with Crippen LogP contribution >= 0.6 is 0 Å². The van der Waals surface area contributed by atoms with E-state index in [2.05, 4.69) is 51.8 Å². The van der Waals surface area contributed by atoms with Gasteiger partial charge in [-0.1, -0.05) is 44.9 Å². The lowest BCUT2D eigenvalue weighted by Crippen LogP contribution is -2.43. The highest BCUT2D eigenvalue weighted by Crippen LogP contribution is 2.40. The first kappa shape index (κ1) is 28.9. The average molecular weight is 567 g/mol. The molecule has 2 heterocycles. The molecule has 2 aliphatic carbocycles. The number of hydrogen-bond donors (Lipinski definition) is 3. The van der Waals surface area contributed by atoms with Gasteiger partial charge in [-0.25, -0.2) is 9.97 Å². The van der Waals surface area contributed by atoms with Gasteiger partial charge in [0.05, 0.1) is 17.3 Å². The van der Waals surface area contributed by atoms with Gasteiger partial charge in [0.25, 0.3) is 0 Å². The molecule has 1 aromatic carbocycles. The summed E-state index contributed by atoms with van der Waals surface area (Å²) in [5.41, 5.74) is 3.73. The highest BCUT2D eigenvalue weighted by molar-refractivity contribution is 5.99. The number of hydrogen-bond acceptors (Lipinski definition) is 6. The zero-order valence-electron chi connectivity index (χ0n) is 23.5. The van der Waals surface area contributed by atoms with E-state index in [1.165, 1.54) is 11.8 Å². The third-order valence-corrected chi connectivity index (χ3v) is 8.23. The summed E-state index contributed by atoms with van der Waals surface area (Å²) >= 11 is 0. The maximum atomic E-state index is 13.2. The lowest BCUT2D eigenvalue weighted by Gasteiger charge is -2.31. The van der Waals surface area contributed by atoms with Gasteiger partial charge in [0, 0.05) is 60.8 Å². The van der Waals surface area contributed by atoms with Crippen molar-refractivity contribution >= 4 is 29.3 Å². The van der Waals surface area contributed by atoms with Crippen molar-refractivity contribution in [1.29, 1.82) is 0 Å². The highest BCUT2D eigenvalue weighted by atomic mass is 19.4. The summed E-state index contributed by atoms with van der Waals surface area (Å²) in [6, 6.07) is 7.80. The van der Waals surface area contributed by atoms with Gasteiger partial charge in [0.2, 0.25) is 11.9 Å². The highest BCUT2D eigenvalue weighted by Gasteiger charge is 2.34. The first-order valence-corrected chi connectivity index (χ1v) is 14.4. The van der Waals surface area contributed by atoms with Crippen LogP contribution in [0.2, 0.25) is 0 Å². The minimum Gasteiger partial charge on any atom is -0.369 e. The van der Waals surface area contributed by atoms with Crippen LogP contribution in [0.4, 0.5) is 30.5 Å². The van der Waals surface area contributed by atoms with Crippen molar-refractivity contribution < 1.29 is 18.0 Å². The molecule has 1 amide bonds. The Kier molecular flexibility index (Phi) is 8.77. The molecule has 2 unspecified atom stereocenters. The molecule has 5 rings (SSSR count). The fourth-order valence-electron chi connectivity index (χ4n) is 5.87. The Morgan fingerprint density at radius 1 is 1.15 bits per heavy atom. The summed E-state index contributed by atoms with van der Waals surface area (Å²) in [6.45, 7) is 8.22. The maximum absolute atomic E-state index is 13.2. The summed E-state index contributed by atoms with van der Waals surface area (Å²) in [4.78, 5) is 25.1. The molecule has 3 N–H and O–H groups in total. The Morgan fingerprint density at radius 2 is 1.88 bits per heavy atom. The van der Waals surface area contributed by atoms with Gasteiger partial charge >= 0.3 is 6.18 Å². The molecule has 1 aliphatic heterocycles. The van der Waals surface area contributed by atoms with Crippen LogP contribution in [0, 0.1) is 5.92 Å². The second-order valence-corrected chi connectivity index (χ2v) is 10.8. The molecule has 0 bridgehead atoms. The second kappa shape index (κ2) is 12.5. The number of carbonyl (C=O) groups is 1. The number of rotatable bonds is 8. The molecular weight excluding hydrogens is 529 g/mol. The van der Waals surface area contributed by atoms with Gasteiger partial charge in [-0.15, -0.1) is 0 Å². The van der Waals surface area contributed by atoms with Gasteiger partial charge in [0.1, 0.15) is 0 Å². The number of aromatic nitrogens is 2. The van der Waals surface area contributed by atoms with Crippen LogP contribution in [0.5, 0.6) is 0 Å². The first-order chi connectivity index (χ1) is 19.7. The van der Waals surface area contributed by atoms with Crippen LogP contribution < -0.4 is 20.9 Å². The van der Waals surface area contributed by atoms with E-state index in [9.17, 15) is 18.0 Å². The van der Waals surface area contributed by atoms with Crippen molar-refractivity contribution in [3.05, 3.63) is 71.1 Å². The molecule has 1 saturated heterocycles. The molecule has 218 valence electrons. The number of alkyl halides is 3. The molecule has 10 heteroatoms. The smallest absolute Gasteiger partial charge is 0.369 e. The van der Waals surface area contributed by atoms with Crippen molar-refractivity contribution in [2.24, 2.45) is 5.92 Å². The number of piperazine rings is 1. The Morgan fingerprint density at radius 3 is 2.51 bits per heavy atom. The average Bonchev–Trinajstić information content (AvgIpc) is 2.98. The fourth-order valence-corrected chi connectivity index (χ4v) is 5.87. The van der Waals surface area contributed by atoms with Gasteiger partial charge in [0.15, 0.2) is 0 Å². The molecule has 7 nitrogen and oxygen atoms in total. The molecule has 0 spiro atoms. The largest absolute Gasteiger partial charge is 0.416 e. The summed E-state index contributed by atoms with van der Waals surface area (Å²) in [5.74, 6) is 0.591. The van der Waals surface area contributed by atoms with E-state index in [1.54, 1.807) is 6.20 Å². The molecule has 0 radical (unpaired) electrons. The molecular formula is C31H37F3N6O. The summed E-state index contributed by atoms with van der Waals surface area (Å²) in [7, 11) is 0. The number of amides is 1. The Labute approximate surface area is 239 Å². The van der Waals surface area contributed by atoms with E-state index >= 15 is 0 Å². The van der Waals surface area contributed by atoms with Crippen molar-refractivity contribution in [3.8, 4) is 0 Å². The fraction of sp³-hybridized carbons (Fsp3) is 0.452. The van der Waals surface area contributed by atoms with E-state index in [4.69, 9.17) is 4.98 Å². The predicted molar refractivity (Wildman–Crippen MR) is 156 cm³/mol. The maximum Gasteiger partial charge on any atom is 0.416 e. The number of nitrogens with one attached hydrogen (secondary N) is 3. The van der Waals surface area contributed by atoms with Crippen LogP contribution in [-0.2, 0) is 4.79 Å². The lowest BCUT2D eigenvalue weighted by molar-refractivity contribution is -0.118. The van der Waals surface area contributed by atoms with E-state index < -0.39 is 17.8 Å². The zero-order valence-corrected chi connectivity index (χ0v) is 23.5. The normalized spacial score (nSPS) is 20.8. The lowest BCUT2D eigenvalue weighted by atomic mass is 9.76. The monoisotopic (exact) mass is 566 g/mol. The molecule has 2 aromatic rings. The Hall–Kier alpha value is -3.66. The zero-order chi connectivity index (χ0) is 29.0. The number of nitrogens with zero attached hydrogens (tertiary/aromatic N) is 3. The third-order valence-electron chi connectivity index (χ3n) is 8.23. The Bertz CT molecular complexity index is 1320. The van der Waals surface area contributed by atoms with Crippen molar-refractivity contribution in [3.63, 3.8) is 0 Å². The molecule has 0 saturated carbocycles. The van der Waals surface area contributed by atoms with Crippen molar-refractivity contribution in [2.75, 3.05) is 36.4 Å². The standard InChI is InChI=1S/C31H37F3N6O/c1-3-20(4-2)27-18-21(29(41)37-24-7-5-23(6-8-24)31(32,33)34)17-22-19-36-30(39-28(22)27)38-25-9-11-26(12-10-25)40-15-13-35-14-16-40/h5-7,9-12,17,19-20,24,27,35H,3-4,8,13-16,18H2,1-2H3,(H,37,41)(H,36,38,39). The van der Waals surface area contributed by atoms with E-state index in [1.807, 2.05) is 18.2 Å². The summed E-state index contributed by atoms with van der Waals surface area (Å²) < 4.78 is 38.8. The number of carbonyl (C=O) groups excluding carboxylic acids is 1. The van der Waals surface area contributed by atoms with E-state index in [0.717, 1.165) is 68.1 Å². The van der Waals surface area contributed by atoms with Crippen LogP contribution in [0.3, 0.4) is 0 Å². The minimum absolute atomic E-state index is 0.0306. The molecule has 41 heavy (non-hydrogen) atoms. The first-order valence-electron chi connectivity index (χ1n) is 14.4. The molecule has 3 aliphatic rings. The van der Waals surface area contributed by atoms with E-state index in [-0.39, 0.29) is 18.2 Å². The van der Waals surface area contributed by atoms with E-state index in [0.29, 0.717) is 23.9 Å². The van der Waals surface area contributed by atoms with Gasteiger partial charge < -0.3 is 20.9 Å².